The molecule has 0 unspecified atom stereocenters. The van der Waals surface area contributed by atoms with Crippen molar-refractivity contribution >= 4 is 31.7 Å². The second-order valence-corrected chi connectivity index (χ2v) is 12.4. The van der Waals surface area contributed by atoms with Gasteiger partial charge < -0.3 is 4.90 Å². The Bertz CT molecular complexity index is 1270. The van der Waals surface area contributed by atoms with E-state index in [-0.39, 0.29) is 29.4 Å². The van der Waals surface area contributed by atoms with Crippen LogP contribution in [0.15, 0.2) is 75.6 Å². The molecule has 4 rings (SSSR count). The van der Waals surface area contributed by atoms with E-state index in [1.807, 2.05) is 7.05 Å². The summed E-state index contributed by atoms with van der Waals surface area (Å²) in [5, 5.41) is 4.23. The molecule has 0 bridgehead atoms. The lowest BCUT2D eigenvalue weighted by molar-refractivity contribution is -0.125. The van der Waals surface area contributed by atoms with Crippen molar-refractivity contribution in [3.8, 4) is 0 Å². The summed E-state index contributed by atoms with van der Waals surface area (Å²) >= 11 is 0. The van der Waals surface area contributed by atoms with Crippen molar-refractivity contribution in [1.29, 1.82) is 0 Å². The first kappa shape index (κ1) is 25.5. The molecule has 2 aromatic rings. The molecule has 2 aliphatic rings. The summed E-state index contributed by atoms with van der Waals surface area (Å²) in [6, 6.07) is 14.4. The van der Waals surface area contributed by atoms with Gasteiger partial charge in [0.25, 0.3) is 5.91 Å². The molecule has 2 fully saturated rings. The minimum Gasteiger partial charge on any atom is -0.306 e. The van der Waals surface area contributed by atoms with Gasteiger partial charge >= 0.3 is 0 Å². The number of hydrazone groups is 1. The first-order valence-electron chi connectivity index (χ1n) is 11.4. The molecule has 0 aliphatic carbocycles. The molecule has 35 heavy (non-hydrogen) atoms. The number of nitrogens with zero attached hydrogens (tertiary/aromatic N) is 4. The van der Waals surface area contributed by atoms with Crippen molar-refractivity contribution in [3.05, 3.63) is 60.7 Å². The average Bonchev–Trinajstić information content (AvgIpc) is 2.89. The number of carbonyl (C=O) groups excluding carboxylic acids is 1. The van der Waals surface area contributed by atoms with Gasteiger partial charge in [0, 0.05) is 51.3 Å². The molecule has 1 amide bonds. The number of sulfonamides is 2. The van der Waals surface area contributed by atoms with Crippen molar-refractivity contribution in [1.82, 2.24) is 18.9 Å². The molecule has 2 aliphatic heterocycles. The van der Waals surface area contributed by atoms with Crippen LogP contribution in [0.25, 0.3) is 0 Å². The molecule has 2 heterocycles. The van der Waals surface area contributed by atoms with Crippen molar-refractivity contribution < 1.29 is 21.6 Å². The number of piperidine rings is 1. The monoisotopic (exact) mass is 519 g/mol. The van der Waals surface area contributed by atoms with Gasteiger partial charge in [0.2, 0.25) is 20.0 Å². The Balaban J connectivity index is 1.62. The quantitative estimate of drug-likeness (QED) is 0.568. The average molecular weight is 520 g/mol. The fourth-order valence-electron chi connectivity index (χ4n) is 4.13. The lowest BCUT2D eigenvalue weighted by atomic mass is 10.1. The van der Waals surface area contributed by atoms with Crippen LogP contribution in [0.1, 0.15) is 12.8 Å². The van der Waals surface area contributed by atoms with Gasteiger partial charge in [-0.05, 0) is 31.3 Å². The van der Waals surface area contributed by atoms with E-state index in [0.717, 1.165) is 27.4 Å². The smallest absolute Gasteiger partial charge is 0.259 e. The predicted molar refractivity (Wildman–Crippen MR) is 132 cm³/mol. The summed E-state index contributed by atoms with van der Waals surface area (Å²) in [4.78, 5) is 15.5. The highest BCUT2D eigenvalue weighted by Crippen LogP contribution is 2.25. The Hall–Kier alpha value is -2.64. The maximum absolute atomic E-state index is 13.4. The van der Waals surface area contributed by atoms with Gasteiger partial charge in [0.1, 0.15) is 6.04 Å². The number of hydrogen-bond acceptors (Lipinski definition) is 7. The van der Waals surface area contributed by atoms with Gasteiger partial charge in [-0.15, -0.1) is 0 Å². The molecule has 2 aromatic carbocycles. The van der Waals surface area contributed by atoms with Crippen LogP contribution in [0.3, 0.4) is 0 Å². The first-order chi connectivity index (χ1) is 16.7. The number of benzene rings is 2. The normalized spacial score (nSPS) is 20.9. The summed E-state index contributed by atoms with van der Waals surface area (Å²) in [7, 11) is -5.95. The molecule has 0 spiro atoms. The van der Waals surface area contributed by atoms with E-state index in [9.17, 15) is 21.6 Å². The molecule has 0 aromatic heterocycles. The van der Waals surface area contributed by atoms with E-state index >= 15 is 0 Å². The molecular weight excluding hydrogens is 490 g/mol. The SMILES string of the molecule is CN1CCC(=NNC(=O)[C@H]2CN(S(=O)(=O)c3ccccc3)CCN2S(=O)(=O)c2ccccc2)CC1. The summed E-state index contributed by atoms with van der Waals surface area (Å²) in [6.45, 7) is 1.07. The number of likely N-dealkylation sites (tertiary alicyclic amines) is 1. The van der Waals surface area contributed by atoms with Gasteiger partial charge in [0.15, 0.2) is 0 Å². The highest BCUT2D eigenvalue weighted by molar-refractivity contribution is 7.89. The lowest BCUT2D eigenvalue weighted by Gasteiger charge is -2.38. The van der Waals surface area contributed by atoms with Gasteiger partial charge in [-0.2, -0.15) is 13.7 Å². The Morgan fingerprint density at radius 2 is 1.37 bits per heavy atom. The summed E-state index contributed by atoms with van der Waals surface area (Å²) in [5.41, 5.74) is 3.32. The topological polar surface area (TPSA) is 119 Å². The maximum atomic E-state index is 13.4. The molecule has 188 valence electrons. The Morgan fingerprint density at radius 3 is 1.94 bits per heavy atom. The predicted octanol–water partition coefficient (Wildman–Crippen LogP) is 0.948. The second-order valence-electron chi connectivity index (χ2n) is 8.58. The highest BCUT2D eigenvalue weighted by Gasteiger charge is 2.43. The highest BCUT2D eigenvalue weighted by atomic mass is 32.2. The third kappa shape index (κ3) is 5.62. The summed E-state index contributed by atoms with van der Waals surface area (Å²) in [5.74, 6) is -0.663. The zero-order chi connectivity index (χ0) is 25.1. The standard InChI is InChI=1S/C23H29N5O5S2/c1-26-14-12-19(13-15-26)24-25-23(29)22-18-27(34(30,31)20-8-4-2-5-9-20)16-17-28(22)35(32,33)21-10-6-3-7-11-21/h2-11,22H,12-18H2,1H3,(H,25,29)/t22-/m1/s1. The molecule has 12 heteroatoms. The van der Waals surface area contributed by atoms with E-state index in [2.05, 4.69) is 15.4 Å². The zero-order valence-corrected chi connectivity index (χ0v) is 21.1. The molecule has 0 saturated carbocycles. The number of carbonyl (C=O) groups is 1. The second kappa shape index (κ2) is 10.5. The molecule has 1 atom stereocenters. The minimum atomic E-state index is -4.04. The number of amides is 1. The van der Waals surface area contributed by atoms with Gasteiger partial charge in [-0.25, -0.2) is 22.3 Å². The van der Waals surface area contributed by atoms with Gasteiger partial charge in [-0.1, -0.05) is 36.4 Å². The third-order valence-electron chi connectivity index (χ3n) is 6.22. The summed E-state index contributed by atoms with van der Waals surface area (Å²) in [6.07, 6.45) is 1.39. The van der Waals surface area contributed by atoms with E-state index in [1.165, 1.54) is 24.3 Å². The molecule has 2 saturated heterocycles. The van der Waals surface area contributed by atoms with Crippen molar-refractivity contribution in [2.45, 2.75) is 28.7 Å². The number of hydrogen-bond donors (Lipinski definition) is 1. The van der Waals surface area contributed by atoms with Gasteiger partial charge in [0.05, 0.1) is 9.79 Å². The zero-order valence-electron chi connectivity index (χ0n) is 19.4. The third-order valence-corrected chi connectivity index (χ3v) is 10.0. The molecule has 1 N–H and O–H groups in total. The van der Waals surface area contributed by atoms with Crippen LogP contribution < -0.4 is 5.43 Å². The van der Waals surface area contributed by atoms with E-state index in [4.69, 9.17) is 0 Å². The summed E-state index contributed by atoms with van der Waals surface area (Å²) < 4.78 is 55.5. The van der Waals surface area contributed by atoms with Crippen LogP contribution in [0.5, 0.6) is 0 Å². The van der Waals surface area contributed by atoms with Crippen LogP contribution in [-0.2, 0) is 24.8 Å². The molecule has 10 nitrogen and oxygen atoms in total. The lowest BCUT2D eigenvalue weighted by Crippen LogP contribution is -2.60. The van der Waals surface area contributed by atoms with Gasteiger partial charge in [-0.3, -0.25) is 4.79 Å². The number of piperazine rings is 1. The number of nitrogens with one attached hydrogen (secondary N) is 1. The van der Waals surface area contributed by atoms with E-state index < -0.39 is 32.0 Å². The largest absolute Gasteiger partial charge is 0.306 e. The molecule has 0 radical (unpaired) electrons. The Morgan fingerprint density at radius 1 is 0.829 bits per heavy atom. The first-order valence-corrected chi connectivity index (χ1v) is 14.2. The van der Waals surface area contributed by atoms with E-state index in [0.29, 0.717) is 12.8 Å². The van der Waals surface area contributed by atoms with Crippen LogP contribution in [0.2, 0.25) is 0 Å². The van der Waals surface area contributed by atoms with E-state index in [1.54, 1.807) is 36.4 Å². The molecular formula is C23H29N5O5S2. The number of rotatable bonds is 6. The van der Waals surface area contributed by atoms with Crippen LogP contribution >= 0.6 is 0 Å². The van der Waals surface area contributed by atoms with Crippen LogP contribution in [0, 0.1) is 0 Å². The Kier molecular flexibility index (Phi) is 7.67. The van der Waals surface area contributed by atoms with Crippen LogP contribution in [0.4, 0.5) is 0 Å². The maximum Gasteiger partial charge on any atom is 0.259 e. The Labute approximate surface area is 206 Å². The fraction of sp³-hybridized carbons (Fsp3) is 0.391. The van der Waals surface area contributed by atoms with Crippen molar-refractivity contribution in [3.63, 3.8) is 0 Å². The fourth-order valence-corrected chi connectivity index (χ4v) is 7.18. The van der Waals surface area contributed by atoms with Crippen LogP contribution in [-0.4, -0.2) is 87.8 Å². The minimum absolute atomic E-state index is 0.0406. The van der Waals surface area contributed by atoms with Crippen molar-refractivity contribution in [2.24, 2.45) is 5.10 Å². The van der Waals surface area contributed by atoms with Crippen molar-refractivity contribution in [2.75, 3.05) is 39.8 Å².